The summed E-state index contributed by atoms with van der Waals surface area (Å²) in [6.45, 7) is 0. The fourth-order valence-electron chi connectivity index (χ4n) is 1.70. The Bertz CT molecular complexity index is 526. The van der Waals surface area contributed by atoms with Gasteiger partial charge in [-0.1, -0.05) is 36.4 Å². The Hall–Kier alpha value is -2.33. The number of hydrogen-bond acceptors (Lipinski definition) is 3. The van der Waals surface area contributed by atoms with Crippen molar-refractivity contribution >= 4 is 17.3 Å². The number of anilines is 2. The molecule has 4 heteroatoms. The van der Waals surface area contributed by atoms with Crippen LogP contribution in [-0.4, -0.2) is 5.91 Å². The summed E-state index contributed by atoms with van der Waals surface area (Å²) in [5.41, 5.74) is 4.94. The second kappa shape index (κ2) is 5.84. The molecule has 4 N–H and O–H groups in total. The number of carbonyl (C=O) groups excluding carboxylic acids is 1. The van der Waals surface area contributed by atoms with Gasteiger partial charge in [-0.2, -0.15) is 0 Å². The van der Waals surface area contributed by atoms with Gasteiger partial charge in [0, 0.05) is 11.4 Å². The van der Waals surface area contributed by atoms with Crippen molar-refractivity contribution in [2.45, 2.75) is 6.42 Å². The van der Waals surface area contributed by atoms with Gasteiger partial charge in [-0.05, 0) is 23.8 Å². The van der Waals surface area contributed by atoms with E-state index in [1.54, 1.807) is 0 Å². The molecule has 0 aliphatic heterocycles. The van der Waals surface area contributed by atoms with Gasteiger partial charge in [0.25, 0.3) is 0 Å². The van der Waals surface area contributed by atoms with E-state index in [2.05, 4.69) is 10.7 Å². The van der Waals surface area contributed by atoms with Gasteiger partial charge in [0.1, 0.15) is 0 Å². The maximum Gasteiger partial charge on any atom is 0.238 e. The third-order valence-corrected chi connectivity index (χ3v) is 2.58. The van der Waals surface area contributed by atoms with E-state index in [9.17, 15) is 4.79 Å². The molecular weight excluding hydrogens is 226 g/mol. The Morgan fingerprint density at radius 3 is 2.39 bits per heavy atom. The number of rotatable bonds is 4. The molecule has 18 heavy (non-hydrogen) atoms. The van der Waals surface area contributed by atoms with Crippen LogP contribution in [0.3, 0.4) is 0 Å². The maximum atomic E-state index is 11.3. The number of nitrogens with one attached hydrogen (secondary N) is 2. The Kier molecular flexibility index (Phi) is 3.94. The van der Waals surface area contributed by atoms with Gasteiger partial charge in [-0.3, -0.25) is 10.2 Å². The van der Waals surface area contributed by atoms with Gasteiger partial charge in [-0.15, -0.1) is 0 Å². The topological polar surface area (TPSA) is 67.1 Å². The third-order valence-electron chi connectivity index (χ3n) is 2.58. The molecule has 0 aliphatic rings. The van der Waals surface area contributed by atoms with Crippen molar-refractivity contribution in [2.75, 3.05) is 5.32 Å². The molecule has 0 heterocycles. The average Bonchev–Trinajstić information content (AvgIpc) is 2.42. The predicted molar refractivity (Wildman–Crippen MR) is 72.2 cm³/mol. The maximum absolute atomic E-state index is 11.3. The first-order valence-corrected chi connectivity index (χ1v) is 5.69. The number of amides is 1. The van der Waals surface area contributed by atoms with Gasteiger partial charge in [-0.25, -0.2) is 5.84 Å². The monoisotopic (exact) mass is 241 g/mol. The van der Waals surface area contributed by atoms with Gasteiger partial charge >= 0.3 is 0 Å². The minimum atomic E-state index is -0.211. The number of nitrogens with two attached hydrogens (primary N) is 1. The number of hydrazine groups is 1. The van der Waals surface area contributed by atoms with Crippen LogP contribution in [0, 0.1) is 0 Å². The standard InChI is InChI=1S/C14H15N3O/c15-17-14(18)10-11-6-4-5-9-13(11)16-12-7-2-1-3-8-12/h1-9,16H,10,15H2,(H,17,18). The number of benzene rings is 2. The molecule has 0 unspecified atom stereocenters. The van der Waals surface area contributed by atoms with E-state index >= 15 is 0 Å². The molecule has 2 rings (SSSR count). The first-order valence-electron chi connectivity index (χ1n) is 5.69. The van der Waals surface area contributed by atoms with Gasteiger partial charge < -0.3 is 5.32 Å². The molecule has 0 fully saturated rings. The molecule has 0 bridgehead atoms. The second-order valence-corrected chi connectivity index (χ2v) is 3.89. The smallest absolute Gasteiger partial charge is 0.238 e. The minimum Gasteiger partial charge on any atom is -0.355 e. The summed E-state index contributed by atoms with van der Waals surface area (Å²) in [5.74, 6) is 4.89. The first kappa shape index (κ1) is 12.1. The Morgan fingerprint density at radius 2 is 1.67 bits per heavy atom. The van der Waals surface area contributed by atoms with Crippen molar-refractivity contribution in [3.8, 4) is 0 Å². The molecule has 2 aromatic rings. The molecule has 0 atom stereocenters. The summed E-state index contributed by atoms with van der Waals surface area (Å²) in [4.78, 5) is 11.3. The normalized spacial score (nSPS) is 9.83. The highest BCUT2D eigenvalue weighted by molar-refractivity contribution is 5.80. The molecule has 92 valence electrons. The lowest BCUT2D eigenvalue weighted by Crippen LogP contribution is -2.31. The molecule has 4 nitrogen and oxygen atoms in total. The lowest BCUT2D eigenvalue weighted by atomic mass is 10.1. The number of carbonyl (C=O) groups is 1. The fraction of sp³-hybridized carbons (Fsp3) is 0.0714. The highest BCUT2D eigenvalue weighted by Gasteiger charge is 2.06. The van der Waals surface area contributed by atoms with Gasteiger partial charge in [0.05, 0.1) is 6.42 Å². The Labute approximate surface area is 106 Å². The summed E-state index contributed by atoms with van der Waals surface area (Å²) in [5, 5.41) is 3.28. The van der Waals surface area contributed by atoms with Crippen LogP contribution in [0.2, 0.25) is 0 Å². The third kappa shape index (κ3) is 3.09. The van der Waals surface area contributed by atoms with Gasteiger partial charge in [0.15, 0.2) is 0 Å². The molecule has 0 radical (unpaired) electrons. The summed E-state index contributed by atoms with van der Waals surface area (Å²) in [6.07, 6.45) is 0.256. The summed E-state index contributed by atoms with van der Waals surface area (Å²) >= 11 is 0. The molecule has 0 saturated heterocycles. The van der Waals surface area contributed by atoms with Crippen molar-refractivity contribution < 1.29 is 4.79 Å². The van der Waals surface area contributed by atoms with Crippen molar-refractivity contribution in [1.29, 1.82) is 0 Å². The van der Waals surface area contributed by atoms with Crippen LogP contribution in [0.5, 0.6) is 0 Å². The summed E-state index contributed by atoms with van der Waals surface area (Å²) in [6, 6.07) is 17.5. The SMILES string of the molecule is NNC(=O)Cc1ccccc1Nc1ccccc1. The Balaban J connectivity index is 2.20. The highest BCUT2D eigenvalue weighted by atomic mass is 16.2. The van der Waals surface area contributed by atoms with Crippen molar-refractivity contribution in [3.05, 3.63) is 60.2 Å². The lowest BCUT2D eigenvalue weighted by molar-refractivity contribution is -0.120. The van der Waals surface area contributed by atoms with Crippen LogP contribution in [0.4, 0.5) is 11.4 Å². The van der Waals surface area contributed by atoms with Crippen molar-refractivity contribution in [3.63, 3.8) is 0 Å². The van der Waals surface area contributed by atoms with E-state index in [4.69, 9.17) is 5.84 Å². The predicted octanol–water partition coefficient (Wildman–Crippen LogP) is 1.96. The van der Waals surface area contributed by atoms with E-state index in [1.165, 1.54) is 0 Å². The average molecular weight is 241 g/mol. The van der Waals surface area contributed by atoms with Crippen molar-refractivity contribution in [2.24, 2.45) is 5.84 Å². The molecule has 2 aromatic carbocycles. The van der Waals surface area contributed by atoms with E-state index in [0.717, 1.165) is 16.9 Å². The highest BCUT2D eigenvalue weighted by Crippen LogP contribution is 2.20. The molecule has 0 saturated carbocycles. The number of hydrogen-bond donors (Lipinski definition) is 3. The molecule has 0 aliphatic carbocycles. The van der Waals surface area contributed by atoms with E-state index in [0.29, 0.717) is 0 Å². The molecule has 0 aromatic heterocycles. The van der Waals surface area contributed by atoms with Crippen LogP contribution in [0.1, 0.15) is 5.56 Å². The lowest BCUT2D eigenvalue weighted by Gasteiger charge is -2.11. The first-order chi connectivity index (χ1) is 8.79. The van der Waals surface area contributed by atoms with Gasteiger partial charge in [0.2, 0.25) is 5.91 Å². The zero-order valence-corrected chi connectivity index (χ0v) is 9.89. The van der Waals surface area contributed by atoms with Crippen LogP contribution < -0.4 is 16.6 Å². The summed E-state index contributed by atoms with van der Waals surface area (Å²) < 4.78 is 0. The van der Waals surface area contributed by atoms with Crippen molar-refractivity contribution in [1.82, 2.24) is 5.43 Å². The van der Waals surface area contributed by atoms with E-state index in [1.807, 2.05) is 54.6 Å². The van der Waals surface area contributed by atoms with Crippen LogP contribution >= 0.6 is 0 Å². The number of para-hydroxylation sites is 2. The van der Waals surface area contributed by atoms with Crippen LogP contribution in [0.25, 0.3) is 0 Å². The Morgan fingerprint density at radius 1 is 1.00 bits per heavy atom. The minimum absolute atomic E-state index is 0.211. The largest absolute Gasteiger partial charge is 0.355 e. The van der Waals surface area contributed by atoms with E-state index in [-0.39, 0.29) is 12.3 Å². The van der Waals surface area contributed by atoms with E-state index < -0.39 is 0 Å². The summed E-state index contributed by atoms with van der Waals surface area (Å²) in [7, 11) is 0. The molecule has 0 spiro atoms. The fourth-order valence-corrected chi connectivity index (χ4v) is 1.70. The quantitative estimate of drug-likeness (QED) is 0.435. The zero-order valence-electron chi connectivity index (χ0n) is 9.89. The van der Waals surface area contributed by atoms with Crippen LogP contribution in [-0.2, 0) is 11.2 Å². The molecular formula is C14H15N3O. The van der Waals surface area contributed by atoms with Crippen LogP contribution in [0.15, 0.2) is 54.6 Å². The zero-order chi connectivity index (χ0) is 12.8. The molecule has 1 amide bonds. The second-order valence-electron chi connectivity index (χ2n) is 3.89.